The number of rotatable bonds is 5. The molecular formula is C11H20OS. The zero-order valence-corrected chi connectivity index (χ0v) is 9.37. The molecule has 1 unspecified atom stereocenters. The van der Waals surface area contributed by atoms with Gasteiger partial charge in [-0.15, -0.1) is 0 Å². The number of carbonyl (C=O) groups excluding carboxylic acids is 1. The first kappa shape index (κ1) is 11.1. The zero-order chi connectivity index (χ0) is 9.52. The first-order valence-electron chi connectivity index (χ1n) is 5.46. The van der Waals surface area contributed by atoms with Crippen molar-refractivity contribution >= 4 is 17.5 Å². The summed E-state index contributed by atoms with van der Waals surface area (Å²) in [5.74, 6) is 1.74. The standard InChI is InChI=1S/C11H20OS/c1-2-3-4-8-13-11-7-5-6-10(12)9-11/h11H,2-9H2,1H3. The monoisotopic (exact) mass is 200 g/mol. The highest BCUT2D eigenvalue weighted by molar-refractivity contribution is 7.99. The third-order valence-corrected chi connectivity index (χ3v) is 3.94. The fourth-order valence-electron chi connectivity index (χ4n) is 1.73. The second-order valence-corrected chi connectivity index (χ2v) is 5.24. The van der Waals surface area contributed by atoms with Gasteiger partial charge in [-0.25, -0.2) is 0 Å². The van der Waals surface area contributed by atoms with E-state index < -0.39 is 0 Å². The minimum atomic E-state index is 0.485. The average molecular weight is 200 g/mol. The summed E-state index contributed by atoms with van der Waals surface area (Å²) in [6.07, 6.45) is 8.04. The molecular weight excluding hydrogens is 180 g/mol. The molecule has 76 valence electrons. The summed E-state index contributed by atoms with van der Waals surface area (Å²) >= 11 is 2.02. The molecule has 1 nitrogen and oxygen atoms in total. The zero-order valence-electron chi connectivity index (χ0n) is 8.55. The van der Waals surface area contributed by atoms with E-state index in [1.807, 2.05) is 11.8 Å². The van der Waals surface area contributed by atoms with Gasteiger partial charge >= 0.3 is 0 Å². The number of ketones is 1. The third-order valence-electron chi connectivity index (χ3n) is 2.54. The summed E-state index contributed by atoms with van der Waals surface area (Å²) in [7, 11) is 0. The van der Waals surface area contributed by atoms with Crippen LogP contribution in [0.15, 0.2) is 0 Å². The Morgan fingerprint density at radius 2 is 2.31 bits per heavy atom. The molecule has 1 saturated carbocycles. The normalized spacial score (nSPS) is 23.5. The van der Waals surface area contributed by atoms with Crippen molar-refractivity contribution in [3.8, 4) is 0 Å². The van der Waals surface area contributed by atoms with Gasteiger partial charge in [0.1, 0.15) is 5.78 Å². The van der Waals surface area contributed by atoms with Gasteiger partial charge in [-0.2, -0.15) is 11.8 Å². The molecule has 1 rings (SSSR count). The Labute approximate surface area is 85.7 Å². The van der Waals surface area contributed by atoms with E-state index in [0.29, 0.717) is 11.0 Å². The van der Waals surface area contributed by atoms with E-state index in [0.717, 1.165) is 19.3 Å². The minimum Gasteiger partial charge on any atom is -0.300 e. The smallest absolute Gasteiger partial charge is 0.134 e. The lowest BCUT2D eigenvalue weighted by atomic mass is 9.99. The molecule has 0 aliphatic heterocycles. The fraction of sp³-hybridized carbons (Fsp3) is 0.909. The second-order valence-electron chi connectivity index (χ2n) is 3.83. The maximum atomic E-state index is 11.1. The van der Waals surface area contributed by atoms with Crippen LogP contribution in [0.3, 0.4) is 0 Å². The predicted octanol–water partition coefficient (Wildman–Crippen LogP) is 3.42. The second kappa shape index (κ2) is 6.47. The highest BCUT2D eigenvalue weighted by Gasteiger charge is 2.18. The molecule has 1 aliphatic rings. The summed E-state index contributed by atoms with van der Waals surface area (Å²) in [6, 6.07) is 0. The van der Waals surface area contributed by atoms with Crippen LogP contribution in [0.5, 0.6) is 0 Å². The van der Waals surface area contributed by atoms with E-state index in [9.17, 15) is 4.79 Å². The maximum absolute atomic E-state index is 11.1. The van der Waals surface area contributed by atoms with Crippen LogP contribution in [-0.4, -0.2) is 16.8 Å². The van der Waals surface area contributed by atoms with Crippen LogP contribution in [0, 0.1) is 0 Å². The first-order valence-corrected chi connectivity index (χ1v) is 6.51. The van der Waals surface area contributed by atoms with Gasteiger partial charge in [0, 0.05) is 18.1 Å². The molecule has 0 radical (unpaired) electrons. The Kier molecular flexibility index (Phi) is 5.52. The first-order chi connectivity index (χ1) is 6.33. The largest absolute Gasteiger partial charge is 0.300 e. The van der Waals surface area contributed by atoms with Crippen LogP contribution >= 0.6 is 11.8 Å². The number of carbonyl (C=O) groups is 1. The van der Waals surface area contributed by atoms with Crippen LogP contribution in [0.25, 0.3) is 0 Å². The summed E-state index contributed by atoms with van der Waals surface area (Å²) in [4.78, 5) is 11.1. The summed E-state index contributed by atoms with van der Waals surface area (Å²) < 4.78 is 0. The lowest BCUT2D eigenvalue weighted by Crippen LogP contribution is -2.17. The summed E-state index contributed by atoms with van der Waals surface area (Å²) in [5.41, 5.74) is 0. The Balaban J connectivity index is 2.03. The van der Waals surface area contributed by atoms with Crippen LogP contribution in [0.4, 0.5) is 0 Å². The highest BCUT2D eigenvalue weighted by Crippen LogP contribution is 2.27. The Hall–Kier alpha value is 0.0200. The topological polar surface area (TPSA) is 17.1 Å². The van der Waals surface area contributed by atoms with Gasteiger partial charge in [-0.3, -0.25) is 4.79 Å². The van der Waals surface area contributed by atoms with Crippen molar-refractivity contribution in [1.82, 2.24) is 0 Å². The number of hydrogen-bond donors (Lipinski definition) is 0. The molecule has 0 heterocycles. The fourth-order valence-corrected chi connectivity index (χ4v) is 3.07. The highest BCUT2D eigenvalue weighted by atomic mass is 32.2. The molecule has 2 heteroatoms. The van der Waals surface area contributed by atoms with Crippen LogP contribution in [0.1, 0.15) is 51.9 Å². The van der Waals surface area contributed by atoms with Gasteiger partial charge in [-0.1, -0.05) is 19.8 Å². The van der Waals surface area contributed by atoms with Crippen molar-refractivity contribution in [3.63, 3.8) is 0 Å². The van der Waals surface area contributed by atoms with Crippen molar-refractivity contribution in [3.05, 3.63) is 0 Å². The molecule has 0 aromatic rings. The van der Waals surface area contributed by atoms with Gasteiger partial charge in [0.15, 0.2) is 0 Å². The number of unbranched alkanes of at least 4 members (excludes halogenated alkanes) is 2. The maximum Gasteiger partial charge on any atom is 0.134 e. The molecule has 0 aromatic heterocycles. The van der Waals surface area contributed by atoms with Gasteiger partial charge in [-0.05, 0) is 25.0 Å². The molecule has 1 fully saturated rings. The van der Waals surface area contributed by atoms with E-state index in [4.69, 9.17) is 0 Å². The molecule has 1 aliphatic carbocycles. The van der Waals surface area contributed by atoms with Gasteiger partial charge in [0.05, 0.1) is 0 Å². The van der Waals surface area contributed by atoms with Gasteiger partial charge in [0.2, 0.25) is 0 Å². The molecule has 0 aromatic carbocycles. The van der Waals surface area contributed by atoms with E-state index >= 15 is 0 Å². The van der Waals surface area contributed by atoms with E-state index in [1.165, 1.54) is 31.4 Å². The lowest BCUT2D eigenvalue weighted by molar-refractivity contribution is -0.120. The molecule has 0 bridgehead atoms. The van der Waals surface area contributed by atoms with E-state index in [2.05, 4.69) is 6.92 Å². The van der Waals surface area contributed by atoms with Crippen molar-refractivity contribution in [2.75, 3.05) is 5.75 Å². The Morgan fingerprint density at radius 3 is 3.00 bits per heavy atom. The quantitative estimate of drug-likeness (QED) is 0.633. The SMILES string of the molecule is CCCCCSC1CCCC(=O)C1. The summed E-state index contributed by atoms with van der Waals surface area (Å²) in [5, 5.41) is 0.651. The Morgan fingerprint density at radius 1 is 1.46 bits per heavy atom. The van der Waals surface area contributed by atoms with Crippen LogP contribution < -0.4 is 0 Å². The minimum absolute atomic E-state index is 0.485. The van der Waals surface area contributed by atoms with Gasteiger partial charge in [0.25, 0.3) is 0 Å². The van der Waals surface area contributed by atoms with E-state index in [-0.39, 0.29) is 0 Å². The molecule has 1 atom stereocenters. The van der Waals surface area contributed by atoms with Gasteiger partial charge < -0.3 is 0 Å². The van der Waals surface area contributed by atoms with E-state index in [1.54, 1.807) is 0 Å². The number of Topliss-reactive ketones (excluding diaryl/α,β-unsaturated/α-hetero) is 1. The van der Waals surface area contributed by atoms with Crippen LogP contribution in [0.2, 0.25) is 0 Å². The molecule has 13 heavy (non-hydrogen) atoms. The average Bonchev–Trinajstić information content (AvgIpc) is 2.13. The molecule has 0 spiro atoms. The third kappa shape index (κ3) is 4.70. The Bertz CT molecular complexity index is 156. The number of hydrogen-bond acceptors (Lipinski definition) is 2. The lowest BCUT2D eigenvalue weighted by Gasteiger charge is -2.19. The van der Waals surface area contributed by atoms with Crippen LogP contribution in [-0.2, 0) is 4.79 Å². The summed E-state index contributed by atoms with van der Waals surface area (Å²) in [6.45, 7) is 2.23. The molecule has 0 N–H and O–H groups in total. The predicted molar refractivity (Wildman–Crippen MR) is 59.2 cm³/mol. The van der Waals surface area contributed by atoms with Crippen molar-refractivity contribution in [2.24, 2.45) is 0 Å². The van der Waals surface area contributed by atoms with Crippen molar-refractivity contribution in [2.45, 2.75) is 57.1 Å². The molecule has 0 amide bonds. The van der Waals surface area contributed by atoms with Crippen molar-refractivity contribution in [1.29, 1.82) is 0 Å². The molecule has 0 saturated heterocycles. The van der Waals surface area contributed by atoms with Crippen molar-refractivity contribution < 1.29 is 4.79 Å². The number of thioether (sulfide) groups is 1.